The highest BCUT2D eigenvalue weighted by atomic mass is 16.6. The fourth-order valence-corrected chi connectivity index (χ4v) is 0.732. The molecular weight excluding hydrogens is 156 g/mol. The van der Waals surface area contributed by atoms with E-state index in [0.717, 1.165) is 0 Å². The standard InChI is InChI=1S/C7H10N4O/c1-3-7(10-12-2)11-5-4-6(8)9-11/h3-5H,1H2,2H3,(H2,8,9)/b10-7+. The van der Waals surface area contributed by atoms with Gasteiger partial charge < -0.3 is 10.6 Å². The molecule has 1 rings (SSSR count). The van der Waals surface area contributed by atoms with Gasteiger partial charge in [-0.3, -0.25) is 0 Å². The predicted molar refractivity (Wildman–Crippen MR) is 46.7 cm³/mol. The molecule has 0 aliphatic heterocycles. The summed E-state index contributed by atoms with van der Waals surface area (Å²) in [6.07, 6.45) is 3.20. The van der Waals surface area contributed by atoms with Crippen molar-refractivity contribution in [1.82, 2.24) is 9.78 Å². The van der Waals surface area contributed by atoms with Crippen LogP contribution in [0.25, 0.3) is 0 Å². The first kappa shape index (κ1) is 8.32. The van der Waals surface area contributed by atoms with Crippen LogP contribution in [-0.2, 0) is 4.84 Å². The number of hydrogen-bond donors (Lipinski definition) is 1. The van der Waals surface area contributed by atoms with Crippen molar-refractivity contribution in [3.8, 4) is 0 Å². The number of nitrogen functional groups attached to an aromatic ring is 1. The molecule has 0 unspecified atom stereocenters. The summed E-state index contributed by atoms with van der Waals surface area (Å²) in [6, 6.07) is 1.66. The second kappa shape index (κ2) is 3.56. The number of rotatable bonds is 2. The maximum atomic E-state index is 5.41. The smallest absolute Gasteiger partial charge is 0.191 e. The molecule has 64 valence electrons. The molecule has 0 aliphatic carbocycles. The SMILES string of the molecule is C=C/C(=N\OC)n1ccc(N)n1. The van der Waals surface area contributed by atoms with Gasteiger partial charge in [-0.2, -0.15) is 0 Å². The predicted octanol–water partition coefficient (Wildman–Crippen LogP) is 0.459. The highest BCUT2D eigenvalue weighted by Gasteiger charge is 1.99. The zero-order valence-corrected chi connectivity index (χ0v) is 6.77. The first-order chi connectivity index (χ1) is 5.77. The molecule has 0 saturated heterocycles. The van der Waals surface area contributed by atoms with Gasteiger partial charge in [-0.15, -0.1) is 5.10 Å². The van der Waals surface area contributed by atoms with Gasteiger partial charge in [0.05, 0.1) is 0 Å². The molecule has 1 aromatic heterocycles. The van der Waals surface area contributed by atoms with Crippen LogP contribution in [0.1, 0.15) is 0 Å². The van der Waals surface area contributed by atoms with Gasteiger partial charge in [-0.05, 0) is 6.08 Å². The molecule has 0 spiro atoms. The highest BCUT2D eigenvalue weighted by Crippen LogP contribution is 1.96. The first-order valence-electron chi connectivity index (χ1n) is 3.33. The van der Waals surface area contributed by atoms with Crippen LogP contribution in [-0.4, -0.2) is 22.7 Å². The van der Waals surface area contributed by atoms with E-state index < -0.39 is 0 Å². The van der Waals surface area contributed by atoms with Gasteiger partial charge in [0.1, 0.15) is 12.9 Å². The summed E-state index contributed by atoms with van der Waals surface area (Å²) in [6.45, 7) is 3.55. The molecule has 0 atom stereocenters. The van der Waals surface area contributed by atoms with Crippen LogP contribution in [0.5, 0.6) is 0 Å². The Morgan fingerprint density at radius 1 is 1.92 bits per heavy atom. The normalized spacial score (nSPS) is 11.2. The third-order valence-electron chi connectivity index (χ3n) is 1.21. The van der Waals surface area contributed by atoms with Crippen LogP contribution in [0, 0.1) is 0 Å². The van der Waals surface area contributed by atoms with Gasteiger partial charge in [0.2, 0.25) is 0 Å². The zero-order valence-electron chi connectivity index (χ0n) is 6.77. The largest absolute Gasteiger partial charge is 0.397 e. The van der Waals surface area contributed by atoms with Crippen LogP contribution in [0.3, 0.4) is 0 Å². The molecule has 0 radical (unpaired) electrons. The lowest BCUT2D eigenvalue weighted by Gasteiger charge is -1.97. The monoisotopic (exact) mass is 166 g/mol. The molecule has 0 bridgehead atoms. The van der Waals surface area contributed by atoms with Gasteiger partial charge in [-0.1, -0.05) is 11.7 Å². The molecule has 0 fully saturated rings. The number of allylic oxidation sites excluding steroid dienone is 1. The van der Waals surface area contributed by atoms with Gasteiger partial charge in [0, 0.05) is 12.3 Å². The average molecular weight is 166 g/mol. The third kappa shape index (κ3) is 1.63. The Kier molecular flexibility index (Phi) is 2.47. The Morgan fingerprint density at radius 2 is 2.67 bits per heavy atom. The fraction of sp³-hybridized carbons (Fsp3) is 0.143. The summed E-state index contributed by atoms with van der Waals surface area (Å²) in [7, 11) is 1.45. The number of hydrogen-bond acceptors (Lipinski definition) is 4. The van der Waals surface area contributed by atoms with E-state index >= 15 is 0 Å². The van der Waals surface area contributed by atoms with E-state index in [4.69, 9.17) is 5.73 Å². The number of nitrogens with two attached hydrogens (primary N) is 1. The lowest BCUT2D eigenvalue weighted by atomic mass is 10.6. The number of aromatic nitrogens is 2. The Bertz CT molecular complexity index is 302. The molecular formula is C7H10N4O. The average Bonchev–Trinajstić information content (AvgIpc) is 2.47. The maximum Gasteiger partial charge on any atom is 0.191 e. The van der Waals surface area contributed by atoms with E-state index in [0.29, 0.717) is 11.7 Å². The van der Waals surface area contributed by atoms with E-state index in [1.165, 1.54) is 17.9 Å². The van der Waals surface area contributed by atoms with Crippen molar-refractivity contribution in [2.24, 2.45) is 5.16 Å². The van der Waals surface area contributed by atoms with E-state index in [-0.39, 0.29) is 0 Å². The van der Waals surface area contributed by atoms with Crippen LogP contribution in [0.2, 0.25) is 0 Å². The third-order valence-corrected chi connectivity index (χ3v) is 1.21. The van der Waals surface area contributed by atoms with Crippen molar-refractivity contribution in [3.63, 3.8) is 0 Å². The Balaban J connectivity index is 2.94. The fourth-order valence-electron chi connectivity index (χ4n) is 0.732. The Morgan fingerprint density at radius 3 is 3.08 bits per heavy atom. The quantitative estimate of drug-likeness (QED) is 0.394. The summed E-state index contributed by atoms with van der Waals surface area (Å²) in [5, 5.41) is 7.58. The summed E-state index contributed by atoms with van der Waals surface area (Å²) in [5.74, 6) is 0.926. The number of oxime groups is 1. The topological polar surface area (TPSA) is 65.4 Å². The van der Waals surface area contributed by atoms with E-state index in [2.05, 4.69) is 21.7 Å². The summed E-state index contributed by atoms with van der Waals surface area (Å²) >= 11 is 0. The minimum Gasteiger partial charge on any atom is -0.397 e. The molecule has 0 aromatic carbocycles. The van der Waals surface area contributed by atoms with Crippen molar-refractivity contribution >= 4 is 11.7 Å². The highest BCUT2D eigenvalue weighted by molar-refractivity contribution is 5.93. The molecule has 5 nitrogen and oxygen atoms in total. The minimum absolute atomic E-state index is 0.431. The summed E-state index contributed by atoms with van der Waals surface area (Å²) < 4.78 is 1.48. The Labute approximate surface area is 70.1 Å². The van der Waals surface area contributed by atoms with Gasteiger partial charge in [0.25, 0.3) is 0 Å². The van der Waals surface area contributed by atoms with Crippen molar-refractivity contribution in [3.05, 3.63) is 24.9 Å². The van der Waals surface area contributed by atoms with Crippen molar-refractivity contribution in [1.29, 1.82) is 0 Å². The van der Waals surface area contributed by atoms with Crippen molar-refractivity contribution < 1.29 is 4.84 Å². The molecule has 0 amide bonds. The molecule has 2 N–H and O–H groups in total. The molecule has 1 aromatic rings. The molecule has 5 heteroatoms. The Hall–Kier alpha value is -1.78. The summed E-state index contributed by atoms with van der Waals surface area (Å²) in [5.41, 5.74) is 5.41. The van der Waals surface area contributed by atoms with Gasteiger partial charge >= 0.3 is 0 Å². The van der Waals surface area contributed by atoms with E-state index in [9.17, 15) is 0 Å². The molecule has 0 saturated carbocycles. The number of nitrogens with zero attached hydrogens (tertiary/aromatic N) is 3. The van der Waals surface area contributed by atoms with E-state index in [1.807, 2.05) is 0 Å². The maximum absolute atomic E-state index is 5.41. The van der Waals surface area contributed by atoms with Crippen LogP contribution < -0.4 is 5.73 Å². The second-order valence-corrected chi connectivity index (χ2v) is 2.02. The van der Waals surface area contributed by atoms with Gasteiger partial charge in [0.15, 0.2) is 5.84 Å². The van der Waals surface area contributed by atoms with Crippen molar-refractivity contribution in [2.45, 2.75) is 0 Å². The zero-order chi connectivity index (χ0) is 8.97. The van der Waals surface area contributed by atoms with Crippen molar-refractivity contribution in [2.75, 3.05) is 12.8 Å². The van der Waals surface area contributed by atoms with Crippen LogP contribution in [0.15, 0.2) is 30.1 Å². The lowest BCUT2D eigenvalue weighted by Crippen LogP contribution is -2.10. The van der Waals surface area contributed by atoms with Gasteiger partial charge in [-0.25, -0.2) is 4.68 Å². The molecule has 0 aliphatic rings. The van der Waals surface area contributed by atoms with Crippen LogP contribution in [0.4, 0.5) is 5.82 Å². The van der Waals surface area contributed by atoms with E-state index in [1.54, 1.807) is 12.3 Å². The lowest BCUT2D eigenvalue weighted by molar-refractivity contribution is 0.212. The van der Waals surface area contributed by atoms with Crippen LogP contribution >= 0.6 is 0 Å². The first-order valence-corrected chi connectivity index (χ1v) is 3.33. The molecule has 1 heterocycles. The summed E-state index contributed by atoms with van der Waals surface area (Å²) in [4.78, 5) is 4.57. The second-order valence-electron chi connectivity index (χ2n) is 2.02. The molecule has 12 heavy (non-hydrogen) atoms. The minimum atomic E-state index is 0.431. The number of anilines is 1.